The van der Waals surface area contributed by atoms with E-state index in [9.17, 15) is 9.59 Å². The molecule has 1 aromatic rings. The highest BCUT2D eigenvalue weighted by molar-refractivity contribution is 5.84. The van der Waals surface area contributed by atoms with Gasteiger partial charge in [-0.1, -0.05) is 38.1 Å². The number of benzene rings is 1. The summed E-state index contributed by atoms with van der Waals surface area (Å²) in [5, 5.41) is 2.93. The van der Waals surface area contributed by atoms with Crippen LogP contribution in [0.15, 0.2) is 24.3 Å². The number of nitrogens with one attached hydrogen (secondary N) is 1. The molecule has 0 saturated carbocycles. The molecule has 0 spiro atoms. The molecule has 0 aromatic heterocycles. The Kier molecular flexibility index (Phi) is 6.37. The van der Waals surface area contributed by atoms with Crippen LogP contribution in [-0.4, -0.2) is 50.1 Å². The standard InChI is InChI=1S/C19H28N2O3/c1-13(2)19(23)21-11-16(15-8-6-5-7-14(15)3)17(12-21)18(22)20-9-10-24-4/h5-8,13,16-17H,9-12H2,1-4H3,(H,20,22)/t16-,17-/m0/s1. The van der Waals surface area contributed by atoms with E-state index in [2.05, 4.69) is 24.4 Å². The van der Waals surface area contributed by atoms with Crippen LogP contribution in [0.5, 0.6) is 0 Å². The molecule has 5 heteroatoms. The smallest absolute Gasteiger partial charge is 0.225 e. The third-order valence-corrected chi connectivity index (χ3v) is 4.66. The van der Waals surface area contributed by atoms with Gasteiger partial charge in [0, 0.05) is 38.6 Å². The van der Waals surface area contributed by atoms with E-state index in [1.165, 1.54) is 0 Å². The maximum Gasteiger partial charge on any atom is 0.225 e. The highest BCUT2D eigenvalue weighted by atomic mass is 16.5. The Morgan fingerprint density at radius 1 is 1.29 bits per heavy atom. The molecule has 2 atom stereocenters. The van der Waals surface area contributed by atoms with Gasteiger partial charge in [0.1, 0.15) is 0 Å². The van der Waals surface area contributed by atoms with E-state index < -0.39 is 0 Å². The Morgan fingerprint density at radius 3 is 2.62 bits per heavy atom. The van der Waals surface area contributed by atoms with E-state index in [0.717, 1.165) is 11.1 Å². The number of methoxy groups -OCH3 is 1. The average molecular weight is 332 g/mol. The maximum absolute atomic E-state index is 12.6. The lowest BCUT2D eigenvalue weighted by Gasteiger charge is -2.20. The van der Waals surface area contributed by atoms with Crippen molar-refractivity contribution in [3.05, 3.63) is 35.4 Å². The zero-order chi connectivity index (χ0) is 17.7. The molecule has 1 fully saturated rings. The number of aryl methyl sites for hydroxylation is 1. The number of carbonyl (C=O) groups is 2. The quantitative estimate of drug-likeness (QED) is 0.810. The van der Waals surface area contributed by atoms with Crippen LogP contribution >= 0.6 is 0 Å². The second-order valence-electron chi connectivity index (χ2n) is 6.75. The van der Waals surface area contributed by atoms with Crippen LogP contribution in [0.25, 0.3) is 0 Å². The number of hydrogen-bond donors (Lipinski definition) is 1. The third kappa shape index (κ3) is 4.15. The predicted octanol–water partition coefficient (Wildman–Crippen LogP) is 1.96. The van der Waals surface area contributed by atoms with Crippen molar-refractivity contribution in [2.24, 2.45) is 11.8 Å². The molecule has 0 radical (unpaired) electrons. The van der Waals surface area contributed by atoms with Crippen LogP contribution in [0.2, 0.25) is 0 Å². The minimum Gasteiger partial charge on any atom is -0.383 e. The molecule has 1 saturated heterocycles. The van der Waals surface area contributed by atoms with Crippen molar-refractivity contribution in [3.8, 4) is 0 Å². The molecule has 132 valence electrons. The van der Waals surface area contributed by atoms with Gasteiger partial charge < -0.3 is 15.0 Å². The third-order valence-electron chi connectivity index (χ3n) is 4.66. The number of carbonyl (C=O) groups excluding carboxylic acids is 2. The molecule has 0 unspecified atom stereocenters. The second kappa shape index (κ2) is 8.29. The molecular formula is C19H28N2O3. The molecule has 1 heterocycles. The molecular weight excluding hydrogens is 304 g/mol. The first-order valence-electron chi connectivity index (χ1n) is 8.56. The average Bonchev–Trinajstić information content (AvgIpc) is 2.99. The Bertz CT molecular complexity index is 586. The first-order valence-corrected chi connectivity index (χ1v) is 8.56. The lowest BCUT2D eigenvalue weighted by molar-refractivity contribution is -0.133. The van der Waals surface area contributed by atoms with Gasteiger partial charge in [0.15, 0.2) is 0 Å². The molecule has 2 amide bonds. The van der Waals surface area contributed by atoms with E-state index in [-0.39, 0.29) is 29.6 Å². The highest BCUT2D eigenvalue weighted by Gasteiger charge is 2.41. The van der Waals surface area contributed by atoms with Crippen LogP contribution in [0, 0.1) is 18.8 Å². The van der Waals surface area contributed by atoms with Crippen molar-refractivity contribution < 1.29 is 14.3 Å². The van der Waals surface area contributed by atoms with Crippen molar-refractivity contribution in [3.63, 3.8) is 0 Å². The molecule has 1 N–H and O–H groups in total. The minimum absolute atomic E-state index is 0.000593. The summed E-state index contributed by atoms with van der Waals surface area (Å²) in [5.41, 5.74) is 2.32. The zero-order valence-electron chi connectivity index (χ0n) is 15.0. The van der Waals surface area contributed by atoms with E-state index in [4.69, 9.17) is 4.74 Å². The molecule has 24 heavy (non-hydrogen) atoms. The van der Waals surface area contributed by atoms with Gasteiger partial charge in [-0.2, -0.15) is 0 Å². The monoisotopic (exact) mass is 332 g/mol. The van der Waals surface area contributed by atoms with E-state index >= 15 is 0 Å². The number of nitrogens with zero attached hydrogens (tertiary/aromatic N) is 1. The fraction of sp³-hybridized carbons (Fsp3) is 0.579. The summed E-state index contributed by atoms with van der Waals surface area (Å²) in [6, 6.07) is 8.12. The van der Waals surface area contributed by atoms with Crippen molar-refractivity contribution in [1.29, 1.82) is 0 Å². The highest BCUT2D eigenvalue weighted by Crippen LogP contribution is 2.35. The number of amides is 2. The molecule has 1 aliphatic heterocycles. The summed E-state index contributed by atoms with van der Waals surface area (Å²) in [5.74, 6) is -0.125. The first-order chi connectivity index (χ1) is 11.5. The normalized spacial score (nSPS) is 20.5. The van der Waals surface area contributed by atoms with Crippen molar-refractivity contribution in [2.75, 3.05) is 33.4 Å². The molecule has 1 aromatic carbocycles. The van der Waals surface area contributed by atoms with Gasteiger partial charge in [-0.05, 0) is 18.1 Å². The van der Waals surface area contributed by atoms with Gasteiger partial charge in [-0.15, -0.1) is 0 Å². The van der Waals surface area contributed by atoms with Crippen LogP contribution in [-0.2, 0) is 14.3 Å². The van der Waals surface area contributed by atoms with Crippen LogP contribution in [0.1, 0.15) is 30.9 Å². The number of hydrogen-bond acceptors (Lipinski definition) is 3. The van der Waals surface area contributed by atoms with E-state index in [0.29, 0.717) is 26.2 Å². The SMILES string of the molecule is COCCNC(=O)[C@H]1CN(C(=O)C(C)C)C[C@H]1c1ccccc1C. The summed E-state index contributed by atoms with van der Waals surface area (Å²) in [6.45, 7) is 7.92. The fourth-order valence-electron chi connectivity index (χ4n) is 3.34. The molecule has 0 bridgehead atoms. The Balaban J connectivity index is 2.21. The van der Waals surface area contributed by atoms with Gasteiger partial charge >= 0.3 is 0 Å². The van der Waals surface area contributed by atoms with Gasteiger partial charge in [0.2, 0.25) is 11.8 Å². The second-order valence-corrected chi connectivity index (χ2v) is 6.75. The van der Waals surface area contributed by atoms with Crippen molar-refractivity contribution in [1.82, 2.24) is 10.2 Å². The summed E-state index contributed by atoms with van der Waals surface area (Å²) >= 11 is 0. The van der Waals surface area contributed by atoms with Gasteiger partial charge in [0.25, 0.3) is 0 Å². The van der Waals surface area contributed by atoms with Crippen LogP contribution in [0.4, 0.5) is 0 Å². The lowest BCUT2D eigenvalue weighted by atomic mass is 9.86. The summed E-state index contributed by atoms with van der Waals surface area (Å²) in [6.07, 6.45) is 0. The molecule has 2 rings (SSSR count). The van der Waals surface area contributed by atoms with E-state index in [1.807, 2.05) is 30.9 Å². The number of ether oxygens (including phenoxy) is 1. The first kappa shape index (κ1) is 18.5. The summed E-state index contributed by atoms with van der Waals surface area (Å²) in [7, 11) is 1.61. The molecule has 1 aliphatic rings. The van der Waals surface area contributed by atoms with E-state index in [1.54, 1.807) is 7.11 Å². The van der Waals surface area contributed by atoms with Crippen molar-refractivity contribution >= 4 is 11.8 Å². The zero-order valence-corrected chi connectivity index (χ0v) is 15.0. The lowest BCUT2D eigenvalue weighted by Crippen LogP contribution is -2.37. The summed E-state index contributed by atoms with van der Waals surface area (Å²) in [4.78, 5) is 26.9. The molecule has 5 nitrogen and oxygen atoms in total. The van der Waals surface area contributed by atoms with Gasteiger partial charge in [0.05, 0.1) is 12.5 Å². The van der Waals surface area contributed by atoms with Crippen LogP contribution < -0.4 is 5.32 Å². The maximum atomic E-state index is 12.6. The Morgan fingerprint density at radius 2 is 2.00 bits per heavy atom. The van der Waals surface area contributed by atoms with Crippen molar-refractivity contribution in [2.45, 2.75) is 26.7 Å². The Labute approximate surface area is 144 Å². The Hall–Kier alpha value is -1.88. The minimum atomic E-state index is -0.217. The van der Waals surface area contributed by atoms with Gasteiger partial charge in [-0.25, -0.2) is 0 Å². The number of likely N-dealkylation sites (tertiary alicyclic amines) is 1. The van der Waals surface area contributed by atoms with Gasteiger partial charge in [-0.3, -0.25) is 9.59 Å². The van der Waals surface area contributed by atoms with Crippen LogP contribution in [0.3, 0.4) is 0 Å². The fourth-order valence-corrected chi connectivity index (χ4v) is 3.34. The summed E-state index contributed by atoms with van der Waals surface area (Å²) < 4.78 is 5.00. The number of rotatable bonds is 6. The topological polar surface area (TPSA) is 58.6 Å². The largest absolute Gasteiger partial charge is 0.383 e. The predicted molar refractivity (Wildman–Crippen MR) is 93.7 cm³/mol. The molecule has 0 aliphatic carbocycles.